The molecule has 2 N–H and O–H groups in total. The molecule has 0 unspecified atom stereocenters. The van der Waals surface area contributed by atoms with E-state index in [2.05, 4.69) is 15.6 Å². The molecule has 0 radical (unpaired) electrons. The van der Waals surface area contributed by atoms with Crippen molar-refractivity contribution in [2.45, 2.75) is 13.8 Å². The molecule has 0 aliphatic heterocycles. The number of aromatic nitrogens is 1. The van der Waals surface area contributed by atoms with E-state index in [1.807, 2.05) is 0 Å². The van der Waals surface area contributed by atoms with Crippen LogP contribution in [-0.4, -0.2) is 16.8 Å². The summed E-state index contributed by atoms with van der Waals surface area (Å²) in [4.78, 5) is 28.0. The van der Waals surface area contributed by atoms with Gasteiger partial charge in [-0.05, 0) is 43.3 Å². The number of fused-ring (bicyclic) bond motifs is 1. The Kier molecular flexibility index (Phi) is 4.62. The Morgan fingerprint density at radius 1 is 1.00 bits per heavy atom. The van der Waals surface area contributed by atoms with E-state index in [0.717, 1.165) is 6.07 Å². The lowest BCUT2D eigenvalue weighted by molar-refractivity contribution is -0.114. The number of anilines is 2. The van der Waals surface area contributed by atoms with Crippen LogP contribution in [0.15, 0.2) is 42.5 Å². The van der Waals surface area contributed by atoms with Crippen LogP contribution < -0.4 is 10.6 Å². The third-order valence-electron chi connectivity index (χ3n) is 3.68. The van der Waals surface area contributed by atoms with Crippen LogP contribution >= 0.6 is 0 Å². The van der Waals surface area contributed by atoms with Gasteiger partial charge in [0.15, 0.2) is 0 Å². The van der Waals surface area contributed by atoms with Crippen LogP contribution in [-0.2, 0) is 4.79 Å². The lowest BCUT2D eigenvalue weighted by Gasteiger charge is -2.11. The summed E-state index contributed by atoms with van der Waals surface area (Å²) in [5, 5.41) is 5.46. The molecule has 0 atom stereocenters. The van der Waals surface area contributed by atoms with Crippen molar-refractivity contribution in [3.05, 3.63) is 65.4 Å². The molecule has 1 aromatic heterocycles. The van der Waals surface area contributed by atoms with Gasteiger partial charge in [-0.1, -0.05) is 0 Å². The van der Waals surface area contributed by atoms with Crippen molar-refractivity contribution in [1.82, 2.24) is 4.98 Å². The predicted octanol–water partition coefficient (Wildman–Crippen LogP) is 4.03. The molecule has 0 aliphatic rings. The average Bonchev–Trinajstić information content (AvgIpc) is 2.56. The minimum Gasteiger partial charge on any atom is -0.326 e. The lowest BCUT2D eigenvalue weighted by Crippen LogP contribution is -2.15. The van der Waals surface area contributed by atoms with Gasteiger partial charge in [-0.25, -0.2) is 8.78 Å². The highest BCUT2D eigenvalue weighted by Crippen LogP contribution is 2.24. The molecule has 3 rings (SSSR count). The van der Waals surface area contributed by atoms with Crippen molar-refractivity contribution < 1.29 is 18.4 Å². The van der Waals surface area contributed by atoms with Crippen molar-refractivity contribution in [3.8, 4) is 0 Å². The Morgan fingerprint density at radius 3 is 2.50 bits per heavy atom. The molecule has 0 aliphatic carbocycles. The molecular formula is C19H15F2N3O2. The first-order chi connectivity index (χ1) is 12.3. The maximum absolute atomic E-state index is 14.0. The summed E-state index contributed by atoms with van der Waals surface area (Å²) in [5.41, 5.74) is 1.39. The van der Waals surface area contributed by atoms with Crippen molar-refractivity contribution in [3.63, 3.8) is 0 Å². The number of nitrogens with zero attached hydrogens (tertiary/aromatic N) is 1. The highest BCUT2D eigenvalue weighted by atomic mass is 19.1. The maximum atomic E-state index is 14.0. The Hall–Kier alpha value is -3.35. The number of amides is 2. The van der Waals surface area contributed by atoms with Gasteiger partial charge in [0, 0.05) is 29.8 Å². The minimum atomic E-state index is -0.645. The zero-order valence-corrected chi connectivity index (χ0v) is 14.1. The number of benzene rings is 2. The average molecular weight is 355 g/mol. The normalized spacial score (nSPS) is 10.6. The third kappa shape index (κ3) is 3.66. The summed E-state index contributed by atoms with van der Waals surface area (Å²) in [6.07, 6.45) is 0. The van der Waals surface area contributed by atoms with Crippen LogP contribution in [0.1, 0.15) is 23.0 Å². The van der Waals surface area contributed by atoms with Gasteiger partial charge in [0.25, 0.3) is 5.91 Å². The Morgan fingerprint density at radius 2 is 1.77 bits per heavy atom. The van der Waals surface area contributed by atoms with E-state index in [0.29, 0.717) is 22.3 Å². The van der Waals surface area contributed by atoms with Crippen LogP contribution in [0, 0.1) is 18.6 Å². The Labute approximate surface area is 148 Å². The first-order valence-corrected chi connectivity index (χ1v) is 7.79. The number of halogens is 2. The molecular weight excluding hydrogens is 340 g/mol. The largest absolute Gasteiger partial charge is 0.326 e. The van der Waals surface area contributed by atoms with E-state index < -0.39 is 17.5 Å². The number of pyridine rings is 1. The number of hydrogen-bond donors (Lipinski definition) is 2. The second-order valence-electron chi connectivity index (χ2n) is 5.80. The molecule has 0 spiro atoms. The topological polar surface area (TPSA) is 71.1 Å². The number of carbonyl (C=O) groups excluding carboxylic acids is 2. The van der Waals surface area contributed by atoms with Gasteiger partial charge >= 0.3 is 0 Å². The Bertz CT molecular complexity index is 1030. The van der Waals surface area contributed by atoms with Crippen LogP contribution in [0.25, 0.3) is 10.9 Å². The quantitative estimate of drug-likeness (QED) is 0.745. The van der Waals surface area contributed by atoms with Gasteiger partial charge in [0.2, 0.25) is 5.91 Å². The summed E-state index contributed by atoms with van der Waals surface area (Å²) in [7, 11) is 0. The third-order valence-corrected chi connectivity index (χ3v) is 3.68. The maximum Gasteiger partial charge on any atom is 0.256 e. The first kappa shape index (κ1) is 17.5. The highest BCUT2D eigenvalue weighted by molar-refractivity contribution is 6.12. The van der Waals surface area contributed by atoms with Crippen LogP contribution in [0.4, 0.5) is 20.2 Å². The van der Waals surface area contributed by atoms with Gasteiger partial charge in [-0.15, -0.1) is 0 Å². The molecule has 26 heavy (non-hydrogen) atoms. The molecule has 5 nitrogen and oxygen atoms in total. The number of rotatable bonds is 3. The molecule has 132 valence electrons. The SMILES string of the molecule is CC(=O)Nc1ccc(F)c(NC(=O)c2cc(C)nc3cc(F)ccc23)c1. The van der Waals surface area contributed by atoms with E-state index in [1.165, 1.54) is 37.3 Å². The second-order valence-corrected chi connectivity index (χ2v) is 5.80. The zero-order chi connectivity index (χ0) is 18.8. The number of aryl methyl sites for hydroxylation is 1. The standard InChI is InChI=1S/C19H15F2N3O2/c1-10-7-15(14-5-3-12(20)8-17(14)22-10)19(26)24-18-9-13(23-11(2)25)4-6-16(18)21/h3-9H,1-2H3,(H,23,25)(H,24,26). The van der Waals surface area contributed by atoms with Crippen molar-refractivity contribution in [1.29, 1.82) is 0 Å². The zero-order valence-electron chi connectivity index (χ0n) is 14.1. The fourth-order valence-electron chi connectivity index (χ4n) is 2.61. The van der Waals surface area contributed by atoms with Gasteiger partial charge < -0.3 is 10.6 Å². The van der Waals surface area contributed by atoms with E-state index >= 15 is 0 Å². The number of carbonyl (C=O) groups is 2. The number of nitrogens with one attached hydrogen (secondary N) is 2. The molecule has 0 fully saturated rings. The minimum absolute atomic E-state index is 0.0778. The summed E-state index contributed by atoms with van der Waals surface area (Å²) in [6, 6.07) is 9.32. The van der Waals surface area contributed by atoms with Crippen LogP contribution in [0.5, 0.6) is 0 Å². The highest BCUT2D eigenvalue weighted by Gasteiger charge is 2.15. The monoisotopic (exact) mass is 355 g/mol. The van der Waals surface area contributed by atoms with E-state index in [9.17, 15) is 18.4 Å². The summed E-state index contributed by atoms with van der Waals surface area (Å²) in [5.74, 6) is -1.98. The van der Waals surface area contributed by atoms with E-state index in [-0.39, 0.29) is 17.2 Å². The molecule has 0 bridgehead atoms. The number of hydrogen-bond acceptors (Lipinski definition) is 3. The summed E-state index contributed by atoms with van der Waals surface area (Å²) < 4.78 is 27.5. The van der Waals surface area contributed by atoms with Gasteiger partial charge in [0.1, 0.15) is 11.6 Å². The molecule has 1 heterocycles. The van der Waals surface area contributed by atoms with Gasteiger partial charge in [-0.2, -0.15) is 0 Å². The van der Waals surface area contributed by atoms with Gasteiger partial charge in [-0.3, -0.25) is 14.6 Å². The molecule has 0 saturated heterocycles. The van der Waals surface area contributed by atoms with Crippen molar-refractivity contribution in [2.24, 2.45) is 0 Å². The Balaban J connectivity index is 1.98. The first-order valence-electron chi connectivity index (χ1n) is 7.79. The van der Waals surface area contributed by atoms with E-state index in [4.69, 9.17) is 0 Å². The second kappa shape index (κ2) is 6.87. The molecule has 7 heteroatoms. The fraction of sp³-hybridized carbons (Fsp3) is 0.105. The fourth-order valence-corrected chi connectivity index (χ4v) is 2.61. The van der Waals surface area contributed by atoms with Crippen LogP contribution in [0.3, 0.4) is 0 Å². The summed E-state index contributed by atoms with van der Waals surface area (Å²) >= 11 is 0. The summed E-state index contributed by atoms with van der Waals surface area (Å²) in [6.45, 7) is 3.01. The van der Waals surface area contributed by atoms with E-state index in [1.54, 1.807) is 13.0 Å². The molecule has 0 saturated carbocycles. The van der Waals surface area contributed by atoms with Crippen LogP contribution in [0.2, 0.25) is 0 Å². The molecule has 2 amide bonds. The lowest BCUT2D eigenvalue weighted by atomic mass is 10.1. The smallest absolute Gasteiger partial charge is 0.256 e. The molecule has 3 aromatic rings. The van der Waals surface area contributed by atoms with Crippen molar-refractivity contribution in [2.75, 3.05) is 10.6 Å². The molecule has 2 aromatic carbocycles. The van der Waals surface area contributed by atoms with Crippen molar-refractivity contribution >= 4 is 34.1 Å². The van der Waals surface area contributed by atoms with Gasteiger partial charge in [0.05, 0.1) is 16.8 Å². The predicted molar refractivity (Wildman–Crippen MR) is 95.1 cm³/mol.